The van der Waals surface area contributed by atoms with Crippen molar-refractivity contribution < 1.29 is 14.3 Å². The SMILES string of the molecule is CC(C)C(=O)N1CC(C(=O)Nc2ccc(OCCN(C)C)cc2)C1. The molecule has 1 aliphatic rings. The molecule has 1 saturated heterocycles. The minimum atomic E-state index is -0.122. The fraction of sp³-hybridized carbons (Fsp3) is 0.556. The summed E-state index contributed by atoms with van der Waals surface area (Å²) in [7, 11) is 4.00. The largest absolute Gasteiger partial charge is 0.492 e. The van der Waals surface area contributed by atoms with Crippen LogP contribution in [0.25, 0.3) is 0 Å². The van der Waals surface area contributed by atoms with Gasteiger partial charge in [-0.15, -0.1) is 0 Å². The number of anilines is 1. The Morgan fingerprint density at radius 2 is 1.88 bits per heavy atom. The standard InChI is InChI=1S/C18H27N3O3/c1-13(2)18(23)21-11-14(12-21)17(22)19-15-5-7-16(8-6-15)24-10-9-20(3)4/h5-8,13-14H,9-12H2,1-4H3,(H,19,22). The molecule has 0 saturated carbocycles. The van der Waals surface area contributed by atoms with E-state index in [0.29, 0.717) is 19.7 Å². The smallest absolute Gasteiger partial charge is 0.231 e. The van der Waals surface area contributed by atoms with Gasteiger partial charge in [0.2, 0.25) is 11.8 Å². The van der Waals surface area contributed by atoms with E-state index in [4.69, 9.17) is 4.74 Å². The Hall–Kier alpha value is -2.08. The molecule has 1 aromatic rings. The Balaban J connectivity index is 1.76. The minimum Gasteiger partial charge on any atom is -0.492 e. The van der Waals surface area contributed by atoms with Crippen molar-refractivity contribution in [2.45, 2.75) is 13.8 Å². The highest BCUT2D eigenvalue weighted by molar-refractivity contribution is 5.94. The van der Waals surface area contributed by atoms with Crippen molar-refractivity contribution in [1.82, 2.24) is 9.80 Å². The van der Waals surface area contributed by atoms with Gasteiger partial charge >= 0.3 is 0 Å². The van der Waals surface area contributed by atoms with E-state index in [2.05, 4.69) is 10.2 Å². The van der Waals surface area contributed by atoms with E-state index in [1.165, 1.54) is 0 Å². The van der Waals surface area contributed by atoms with E-state index in [1.54, 1.807) is 4.90 Å². The summed E-state index contributed by atoms with van der Waals surface area (Å²) in [6.07, 6.45) is 0. The number of carbonyl (C=O) groups excluding carboxylic acids is 2. The first kappa shape index (κ1) is 18.3. The summed E-state index contributed by atoms with van der Waals surface area (Å²) in [6, 6.07) is 7.36. The predicted octanol–water partition coefficient (Wildman–Crippen LogP) is 1.68. The molecule has 6 heteroatoms. The molecule has 24 heavy (non-hydrogen) atoms. The van der Waals surface area contributed by atoms with Crippen LogP contribution in [0.4, 0.5) is 5.69 Å². The van der Waals surface area contributed by atoms with Crippen LogP contribution in [-0.4, -0.2) is 62.0 Å². The van der Waals surface area contributed by atoms with Crippen molar-refractivity contribution in [2.24, 2.45) is 11.8 Å². The molecule has 0 unspecified atom stereocenters. The van der Waals surface area contributed by atoms with E-state index in [-0.39, 0.29) is 23.7 Å². The molecule has 1 N–H and O–H groups in total. The number of ether oxygens (including phenoxy) is 1. The number of hydrogen-bond acceptors (Lipinski definition) is 4. The molecule has 2 amide bonds. The van der Waals surface area contributed by atoms with Gasteiger partial charge in [0.1, 0.15) is 12.4 Å². The van der Waals surface area contributed by atoms with Crippen molar-refractivity contribution >= 4 is 17.5 Å². The van der Waals surface area contributed by atoms with Crippen LogP contribution in [0.1, 0.15) is 13.8 Å². The number of carbonyl (C=O) groups is 2. The molecule has 1 aliphatic heterocycles. The van der Waals surface area contributed by atoms with Crippen LogP contribution < -0.4 is 10.1 Å². The van der Waals surface area contributed by atoms with Gasteiger partial charge in [0.25, 0.3) is 0 Å². The third-order valence-corrected chi connectivity index (χ3v) is 3.99. The monoisotopic (exact) mass is 333 g/mol. The Bertz CT molecular complexity index is 563. The molecule has 0 spiro atoms. The number of amides is 2. The lowest BCUT2D eigenvalue weighted by atomic mass is 9.97. The highest BCUT2D eigenvalue weighted by Gasteiger charge is 2.36. The molecule has 0 bridgehead atoms. The van der Waals surface area contributed by atoms with Gasteiger partial charge in [0.15, 0.2) is 0 Å². The summed E-state index contributed by atoms with van der Waals surface area (Å²) < 4.78 is 5.62. The van der Waals surface area contributed by atoms with Crippen molar-refractivity contribution in [1.29, 1.82) is 0 Å². The van der Waals surface area contributed by atoms with Crippen LogP contribution in [-0.2, 0) is 9.59 Å². The normalized spacial score (nSPS) is 14.7. The number of likely N-dealkylation sites (N-methyl/N-ethyl adjacent to an activating group) is 1. The average molecular weight is 333 g/mol. The van der Waals surface area contributed by atoms with Gasteiger partial charge < -0.3 is 19.9 Å². The van der Waals surface area contributed by atoms with Gasteiger partial charge in [-0.2, -0.15) is 0 Å². The number of rotatable bonds is 7. The zero-order valence-electron chi connectivity index (χ0n) is 14.9. The highest BCUT2D eigenvalue weighted by atomic mass is 16.5. The molecule has 132 valence electrons. The molecule has 1 heterocycles. The van der Waals surface area contributed by atoms with E-state index in [9.17, 15) is 9.59 Å². The van der Waals surface area contributed by atoms with Gasteiger partial charge in [-0.3, -0.25) is 9.59 Å². The molecular formula is C18H27N3O3. The third-order valence-electron chi connectivity index (χ3n) is 3.99. The van der Waals surface area contributed by atoms with Crippen molar-refractivity contribution in [2.75, 3.05) is 45.7 Å². The van der Waals surface area contributed by atoms with Crippen LogP contribution in [0, 0.1) is 11.8 Å². The fourth-order valence-electron chi connectivity index (χ4n) is 2.41. The number of likely N-dealkylation sites (tertiary alicyclic amines) is 1. The third kappa shape index (κ3) is 4.96. The van der Waals surface area contributed by atoms with Crippen LogP contribution >= 0.6 is 0 Å². The molecule has 0 atom stereocenters. The molecule has 2 rings (SSSR count). The second-order valence-corrected chi connectivity index (χ2v) is 6.76. The van der Waals surface area contributed by atoms with Crippen LogP contribution in [0.5, 0.6) is 5.75 Å². The Morgan fingerprint density at radius 3 is 2.42 bits per heavy atom. The van der Waals surface area contributed by atoms with E-state index in [0.717, 1.165) is 18.0 Å². The maximum atomic E-state index is 12.2. The Labute approximate surface area is 143 Å². The molecule has 1 aromatic carbocycles. The lowest BCUT2D eigenvalue weighted by Crippen LogP contribution is -2.55. The number of nitrogens with one attached hydrogen (secondary N) is 1. The van der Waals surface area contributed by atoms with Crippen LogP contribution in [0.2, 0.25) is 0 Å². The lowest BCUT2D eigenvalue weighted by Gasteiger charge is -2.39. The maximum absolute atomic E-state index is 12.2. The summed E-state index contributed by atoms with van der Waals surface area (Å²) in [4.78, 5) is 27.8. The van der Waals surface area contributed by atoms with E-state index < -0.39 is 0 Å². The first-order valence-corrected chi connectivity index (χ1v) is 8.34. The molecule has 1 fully saturated rings. The first-order chi connectivity index (χ1) is 11.4. The van der Waals surface area contributed by atoms with E-state index >= 15 is 0 Å². The topological polar surface area (TPSA) is 61.9 Å². The van der Waals surface area contributed by atoms with Gasteiger partial charge in [0.05, 0.1) is 5.92 Å². The minimum absolute atomic E-state index is 0.0194. The lowest BCUT2D eigenvalue weighted by molar-refractivity contribution is -0.144. The highest BCUT2D eigenvalue weighted by Crippen LogP contribution is 2.21. The predicted molar refractivity (Wildman–Crippen MR) is 94.0 cm³/mol. The summed E-state index contributed by atoms with van der Waals surface area (Å²) in [5.74, 6) is 0.715. The average Bonchev–Trinajstić information content (AvgIpc) is 2.47. The van der Waals surface area contributed by atoms with Gasteiger partial charge in [-0.05, 0) is 38.4 Å². The molecule has 6 nitrogen and oxygen atoms in total. The molecule has 0 radical (unpaired) electrons. The van der Waals surface area contributed by atoms with Gasteiger partial charge in [-0.1, -0.05) is 13.8 Å². The molecular weight excluding hydrogens is 306 g/mol. The van der Waals surface area contributed by atoms with Crippen molar-refractivity contribution in [3.05, 3.63) is 24.3 Å². The van der Waals surface area contributed by atoms with Crippen molar-refractivity contribution in [3.63, 3.8) is 0 Å². The quantitative estimate of drug-likeness (QED) is 0.825. The van der Waals surface area contributed by atoms with E-state index in [1.807, 2.05) is 52.2 Å². The zero-order chi connectivity index (χ0) is 17.7. The second kappa shape index (κ2) is 8.15. The number of benzene rings is 1. The second-order valence-electron chi connectivity index (χ2n) is 6.76. The van der Waals surface area contributed by atoms with Gasteiger partial charge in [0, 0.05) is 31.2 Å². The summed E-state index contributed by atoms with van der Waals surface area (Å²) in [5.41, 5.74) is 0.744. The van der Waals surface area contributed by atoms with Crippen LogP contribution in [0.15, 0.2) is 24.3 Å². The zero-order valence-corrected chi connectivity index (χ0v) is 14.9. The molecule has 0 aliphatic carbocycles. The maximum Gasteiger partial charge on any atom is 0.231 e. The fourth-order valence-corrected chi connectivity index (χ4v) is 2.41. The number of hydrogen-bond donors (Lipinski definition) is 1. The van der Waals surface area contributed by atoms with Crippen molar-refractivity contribution in [3.8, 4) is 5.75 Å². The molecule has 0 aromatic heterocycles. The van der Waals surface area contributed by atoms with Gasteiger partial charge in [-0.25, -0.2) is 0 Å². The Morgan fingerprint density at radius 1 is 1.25 bits per heavy atom. The summed E-state index contributed by atoms with van der Waals surface area (Å²) in [6.45, 7) is 6.24. The first-order valence-electron chi connectivity index (χ1n) is 8.34. The summed E-state index contributed by atoms with van der Waals surface area (Å²) in [5, 5.41) is 2.89. The number of nitrogens with zero attached hydrogens (tertiary/aromatic N) is 2. The Kier molecular flexibility index (Phi) is 6.20. The summed E-state index contributed by atoms with van der Waals surface area (Å²) >= 11 is 0. The van der Waals surface area contributed by atoms with Crippen LogP contribution in [0.3, 0.4) is 0 Å².